The fourth-order valence-electron chi connectivity index (χ4n) is 4.86. The molecule has 0 radical (unpaired) electrons. The number of ether oxygens (including phenoxy) is 3. The van der Waals surface area contributed by atoms with E-state index in [-0.39, 0.29) is 51.7 Å². The summed E-state index contributed by atoms with van der Waals surface area (Å²) in [4.78, 5) is 39.0. The number of fused-ring (bicyclic) bond motifs is 3. The molecule has 0 saturated carbocycles. The number of nitrogens with zero attached hydrogens (tertiary/aromatic N) is 1. The third-order valence-electron chi connectivity index (χ3n) is 6.62. The molecule has 1 fully saturated rings. The van der Waals surface area contributed by atoms with Gasteiger partial charge < -0.3 is 29.5 Å². The molecule has 2 aliphatic rings. The molecule has 1 heterocycles. The topological polar surface area (TPSA) is 114 Å². The molecule has 2 aromatic rings. The van der Waals surface area contributed by atoms with Crippen LogP contribution in [0.4, 0.5) is 4.79 Å². The Labute approximate surface area is 204 Å². The number of carbonyl (C=O) groups is 3. The van der Waals surface area contributed by atoms with Crippen LogP contribution in [-0.4, -0.2) is 80.1 Å². The number of aliphatic carboxylic acids is 1. The minimum atomic E-state index is -1.30. The first-order chi connectivity index (χ1) is 16.9. The molecule has 0 spiro atoms. The number of carboxylic acid groups (broad SMARTS) is 1. The molecule has 2 aromatic carbocycles. The van der Waals surface area contributed by atoms with E-state index in [1.54, 1.807) is 0 Å². The summed E-state index contributed by atoms with van der Waals surface area (Å²) < 4.78 is 16.1. The summed E-state index contributed by atoms with van der Waals surface area (Å²) in [6.07, 6.45) is -0.276. The molecule has 9 heteroatoms. The summed E-state index contributed by atoms with van der Waals surface area (Å²) in [7, 11) is 1.47. The first-order valence-corrected chi connectivity index (χ1v) is 11.7. The first-order valence-electron chi connectivity index (χ1n) is 11.7. The molecule has 9 nitrogen and oxygen atoms in total. The van der Waals surface area contributed by atoms with E-state index in [1.165, 1.54) is 12.0 Å². The fraction of sp³-hybridized carbons (Fsp3) is 0.423. The molecular weight excluding hydrogens is 452 g/mol. The van der Waals surface area contributed by atoms with Crippen LogP contribution < -0.4 is 5.32 Å². The van der Waals surface area contributed by atoms with Crippen molar-refractivity contribution in [2.45, 2.75) is 24.3 Å². The summed E-state index contributed by atoms with van der Waals surface area (Å²) in [5, 5.41) is 12.1. The Balaban J connectivity index is 1.49. The maximum absolute atomic E-state index is 13.5. The predicted molar refractivity (Wildman–Crippen MR) is 127 cm³/mol. The number of nitrogens with one attached hydrogen (secondary N) is 1. The van der Waals surface area contributed by atoms with E-state index in [1.807, 2.05) is 36.4 Å². The van der Waals surface area contributed by atoms with Crippen molar-refractivity contribution in [2.24, 2.45) is 0 Å². The van der Waals surface area contributed by atoms with Crippen molar-refractivity contribution in [1.29, 1.82) is 0 Å². The van der Waals surface area contributed by atoms with Gasteiger partial charge in [0.2, 0.25) is 5.91 Å². The number of benzene rings is 2. The first kappa shape index (κ1) is 24.7. The second-order valence-electron chi connectivity index (χ2n) is 8.76. The molecule has 35 heavy (non-hydrogen) atoms. The Morgan fingerprint density at radius 3 is 2.23 bits per heavy atom. The molecule has 1 aliphatic carbocycles. The lowest BCUT2D eigenvalue weighted by Gasteiger charge is -2.39. The van der Waals surface area contributed by atoms with Gasteiger partial charge in [0.05, 0.1) is 6.61 Å². The van der Waals surface area contributed by atoms with Gasteiger partial charge in [-0.05, 0) is 22.3 Å². The van der Waals surface area contributed by atoms with Crippen LogP contribution in [0.2, 0.25) is 0 Å². The third kappa shape index (κ3) is 5.31. The van der Waals surface area contributed by atoms with Crippen molar-refractivity contribution >= 4 is 18.0 Å². The maximum Gasteiger partial charge on any atom is 0.408 e. The molecule has 186 valence electrons. The molecule has 4 rings (SSSR count). The molecule has 0 atom stereocenters. The van der Waals surface area contributed by atoms with Gasteiger partial charge >= 0.3 is 12.1 Å². The Hall–Kier alpha value is -3.43. The van der Waals surface area contributed by atoms with Gasteiger partial charge in [-0.25, -0.2) is 4.79 Å². The van der Waals surface area contributed by atoms with E-state index < -0.39 is 30.1 Å². The van der Waals surface area contributed by atoms with Crippen molar-refractivity contribution < 1.29 is 33.7 Å². The summed E-state index contributed by atoms with van der Waals surface area (Å²) >= 11 is 0. The van der Waals surface area contributed by atoms with E-state index >= 15 is 0 Å². The highest BCUT2D eigenvalue weighted by molar-refractivity contribution is 5.92. The van der Waals surface area contributed by atoms with Gasteiger partial charge in [-0.15, -0.1) is 0 Å². The van der Waals surface area contributed by atoms with Crippen molar-refractivity contribution in [3.05, 3.63) is 59.7 Å². The van der Waals surface area contributed by atoms with Gasteiger partial charge in [0, 0.05) is 45.6 Å². The third-order valence-corrected chi connectivity index (χ3v) is 6.62. The number of hydrogen-bond acceptors (Lipinski definition) is 6. The van der Waals surface area contributed by atoms with Crippen molar-refractivity contribution in [1.82, 2.24) is 10.2 Å². The highest BCUT2D eigenvalue weighted by atomic mass is 16.5. The fourth-order valence-corrected chi connectivity index (χ4v) is 4.86. The summed E-state index contributed by atoms with van der Waals surface area (Å²) in [5.41, 5.74) is 3.12. The average Bonchev–Trinajstić information content (AvgIpc) is 3.19. The number of carboxylic acids is 1. The summed E-state index contributed by atoms with van der Waals surface area (Å²) in [6, 6.07) is 16.1. The zero-order valence-electron chi connectivity index (χ0n) is 19.7. The van der Waals surface area contributed by atoms with Crippen molar-refractivity contribution in [2.75, 3.05) is 46.6 Å². The Morgan fingerprint density at radius 2 is 1.66 bits per heavy atom. The normalized spacial score (nSPS) is 16.1. The van der Waals surface area contributed by atoms with Gasteiger partial charge in [0.1, 0.15) is 18.7 Å². The minimum absolute atomic E-state index is 0.0939. The molecule has 0 aromatic heterocycles. The number of amides is 2. The number of carbonyl (C=O) groups excluding carboxylic acids is 2. The second-order valence-corrected chi connectivity index (χ2v) is 8.76. The largest absolute Gasteiger partial charge is 0.480 e. The zero-order valence-corrected chi connectivity index (χ0v) is 19.7. The highest BCUT2D eigenvalue weighted by Crippen LogP contribution is 2.44. The average molecular weight is 483 g/mol. The van der Waals surface area contributed by atoms with Gasteiger partial charge in [0.25, 0.3) is 0 Å². The van der Waals surface area contributed by atoms with Crippen molar-refractivity contribution in [3.8, 4) is 11.1 Å². The zero-order chi connectivity index (χ0) is 24.8. The monoisotopic (exact) mass is 482 g/mol. The minimum Gasteiger partial charge on any atom is -0.480 e. The van der Waals surface area contributed by atoms with Crippen LogP contribution in [0, 0.1) is 0 Å². The van der Waals surface area contributed by atoms with Gasteiger partial charge in [-0.3, -0.25) is 9.59 Å². The lowest BCUT2D eigenvalue weighted by molar-refractivity contribution is -0.150. The number of hydrogen-bond donors (Lipinski definition) is 2. The summed E-state index contributed by atoms with van der Waals surface area (Å²) in [6.45, 7) is 0.425. The van der Waals surface area contributed by atoms with Crippen LogP contribution in [0.5, 0.6) is 0 Å². The number of rotatable bonds is 9. The van der Waals surface area contributed by atoms with Crippen LogP contribution in [0.25, 0.3) is 11.1 Å². The van der Waals surface area contributed by atoms with E-state index in [0.29, 0.717) is 0 Å². The van der Waals surface area contributed by atoms with Crippen molar-refractivity contribution in [3.63, 3.8) is 0 Å². The second kappa shape index (κ2) is 10.9. The van der Waals surface area contributed by atoms with Crippen LogP contribution in [0.1, 0.15) is 29.9 Å². The van der Waals surface area contributed by atoms with Gasteiger partial charge in [0.15, 0.2) is 0 Å². The SMILES string of the molecule is COCCN(CC(=O)O)C(=O)C1(NC(=O)OCC2c3ccccc3-c3ccccc32)CCOCC1. The molecule has 2 N–H and O–H groups in total. The molecule has 1 saturated heterocycles. The standard InChI is InChI=1S/C26H30N2O7/c1-33-15-12-28(16-23(29)30)24(31)26(10-13-34-14-11-26)27-25(32)35-17-22-20-8-4-2-6-18(20)19-7-3-5-9-21(19)22/h2-9,22H,10-17H2,1H3,(H,27,32)(H,29,30). The molecule has 1 aliphatic heterocycles. The van der Waals surface area contributed by atoms with E-state index in [0.717, 1.165) is 22.3 Å². The van der Waals surface area contributed by atoms with E-state index in [4.69, 9.17) is 14.2 Å². The number of alkyl carbamates (subject to hydrolysis) is 1. The predicted octanol–water partition coefficient (Wildman–Crippen LogP) is 2.63. The van der Waals surface area contributed by atoms with Crippen LogP contribution in [0.3, 0.4) is 0 Å². The molecule has 0 bridgehead atoms. The van der Waals surface area contributed by atoms with Crippen LogP contribution in [0.15, 0.2) is 48.5 Å². The molecule has 0 unspecified atom stereocenters. The smallest absolute Gasteiger partial charge is 0.408 e. The molecule has 2 amide bonds. The quantitative estimate of drug-likeness (QED) is 0.565. The maximum atomic E-state index is 13.5. The van der Waals surface area contributed by atoms with Crippen LogP contribution in [-0.2, 0) is 23.8 Å². The van der Waals surface area contributed by atoms with Gasteiger partial charge in [-0.1, -0.05) is 48.5 Å². The van der Waals surface area contributed by atoms with E-state index in [2.05, 4.69) is 17.4 Å². The Bertz CT molecular complexity index is 1040. The Morgan fingerprint density at radius 1 is 1.06 bits per heavy atom. The Kier molecular flexibility index (Phi) is 7.67. The van der Waals surface area contributed by atoms with E-state index in [9.17, 15) is 19.5 Å². The van der Waals surface area contributed by atoms with Gasteiger partial charge in [-0.2, -0.15) is 0 Å². The van der Waals surface area contributed by atoms with Crippen LogP contribution >= 0.6 is 0 Å². The lowest BCUT2D eigenvalue weighted by Crippen LogP contribution is -2.63. The summed E-state index contributed by atoms with van der Waals surface area (Å²) in [5.74, 6) is -1.73. The highest BCUT2D eigenvalue weighted by Gasteiger charge is 2.45. The molecular formula is C26H30N2O7. The number of methoxy groups -OCH3 is 1. The lowest BCUT2D eigenvalue weighted by atomic mass is 9.88.